The minimum atomic E-state index is 0.529. The lowest BCUT2D eigenvalue weighted by atomic mass is 10.1. The SMILES string of the molecule is Clc1ccc(Cn2cnc(-c3ccccc3)c2C2CC2)cn1. The second-order valence-electron chi connectivity index (χ2n) is 5.74. The summed E-state index contributed by atoms with van der Waals surface area (Å²) in [4.78, 5) is 8.84. The Bertz CT molecular complexity index is 774. The highest BCUT2D eigenvalue weighted by atomic mass is 35.5. The van der Waals surface area contributed by atoms with E-state index in [-0.39, 0.29) is 0 Å². The number of imidazole rings is 1. The molecule has 1 saturated carbocycles. The third kappa shape index (κ3) is 2.64. The van der Waals surface area contributed by atoms with Gasteiger partial charge in [0.1, 0.15) is 5.15 Å². The lowest BCUT2D eigenvalue weighted by molar-refractivity contribution is 0.740. The van der Waals surface area contributed by atoms with E-state index in [2.05, 4.69) is 38.8 Å². The third-order valence-corrected chi connectivity index (χ3v) is 4.25. The molecule has 3 nitrogen and oxygen atoms in total. The van der Waals surface area contributed by atoms with Gasteiger partial charge in [-0.1, -0.05) is 48.0 Å². The van der Waals surface area contributed by atoms with Gasteiger partial charge in [-0.3, -0.25) is 0 Å². The van der Waals surface area contributed by atoms with Crippen LogP contribution in [-0.4, -0.2) is 14.5 Å². The van der Waals surface area contributed by atoms with Gasteiger partial charge in [0.15, 0.2) is 0 Å². The molecule has 0 radical (unpaired) electrons. The van der Waals surface area contributed by atoms with E-state index >= 15 is 0 Å². The molecule has 0 bridgehead atoms. The van der Waals surface area contributed by atoms with E-state index in [1.165, 1.54) is 24.1 Å². The molecule has 0 aliphatic heterocycles. The Morgan fingerprint density at radius 3 is 2.55 bits per heavy atom. The summed E-state index contributed by atoms with van der Waals surface area (Å²) in [5.74, 6) is 0.637. The number of rotatable bonds is 4. The van der Waals surface area contributed by atoms with Crippen LogP contribution in [0.2, 0.25) is 5.15 Å². The summed E-state index contributed by atoms with van der Waals surface area (Å²) in [6.45, 7) is 0.788. The number of hydrogen-bond donors (Lipinski definition) is 0. The maximum absolute atomic E-state index is 5.86. The van der Waals surface area contributed by atoms with Crippen molar-refractivity contribution in [3.8, 4) is 11.3 Å². The minimum absolute atomic E-state index is 0.529. The van der Waals surface area contributed by atoms with Crippen molar-refractivity contribution in [2.45, 2.75) is 25.3 Å². The first-order valence-electron chi connectivity index (χ1n) is 7.52. The Morgan fingerprint density at radius 2 is 1.86 bits per heavy atom. The van der Waals surface area contributed by atoms with E-state index in [0.717, 1.165) is 17.8 Å². The van der Waals surface area contributed by atoms with Crippen molar-refractivity contribution < 1.29 is 0 Å². The Kier molecular flexibility index (Phi) is 3.43. The van der Waals surface area contributed by atoms with Crippen molar-refractivity contribution in [1.82, 2.24) is 14.5 Å². The van der Waals surface area contributed by atoms with Crippen LogP contribution >= 0.6 is 11.6 Å². The first-order chi connectivity index (χ1) is 10.8. The molecule has 4 rings (SSSR count). The Hall–Kier alpha value is -2.13. The van der Waals surface area contributed by atoms with Crippen LogP contribution in [0.5, 0.6) is 0 Å². The maximum Gasteiger partial charge on any atom is 0.129 e. The number of halogens is 1. The number of pyridine rings is 1. The fraction of sp³-hybridized carbons (Fsp3) is 0.222. The van der Waals surface area contributed by atoms with Crippen molar-refractivity contribution in [3.63, 3.8) is 0 Å². The average molecular weight is 310 g/mol. The largest absolute Gasteiger partial charge is 0.329 e. The van der Waals surface area contributed by atoms with Crippen molar-refractivity contribution in [1.29, 1.82) is 0 Å². The monoisotopic (exact) mass is 309 g/mol. The first kappa shape index (κ1) is 13.5. The molecule has 22 heavy (non-hydrogen) atoms. The smallest absolute Gasteiger partial charge is 0.129 e. The second kappa shape index (κ2) is 5.58. The quantitative estimate of drug-likeness (QED) is 0.663. The van der Waals surface area contributed by atoms with Gasteiger partial charge < -0.3 is 4.57 Å². The zero-order valence-electron chi connectivity index (χ0n) is 12.1. The van der Waals surface area contributed by atoms with Crippen molar-refractivity contribution in [3.05, 3.63) is 71.4 Å². The molecule has 1 aliphatic rings. The molecule has 1 aliphatic carbocycles. The van der Waals surface area contributed by atoms with Gasteiger partial charge in [-0.2, -0.15) is 0 Å². The fourth-order valence-electron chi connectivity index (χ4n) is 2.82. The van der Waals surface area contributed by atoms with Gasteiger partial charge in [0.25, 0.3) is 0 Å². The predicted octanol–water partition coefficient (Wildman–Crippen LogP) is 4.52. The molecule has 110 valence electrons. The average Bonchev–Trinajstić information content (AvgIpc) is 3.31. The number of nitrogens with zero attached hydrogens (tertiary/aromatic N) is 3. The number of hydrogen-bond acceptors (Lipinski definition) is 2. The summed E-state index contributed by atoms with van der Waals surface area (Å²) in [5.41, 5.74) is 4.80. The van der Waals surface area contributed by atoms with Crippen LogP contribution in [0, 0.1) is 0 Å². The first-order valence-corrected chi connectivity index (χ1v) is 7.90. The van der Waals surface area contributed by atoms with Crippen LogP contribution in [0.4, 0.5) is 0 Å². The molecule has 3 aromatic rings. The van der Waals surface area contributed by atoms with Crippen LogP contribution in [0.3, 0.4) is 0 Å². The Morgan fingerprint density at radius 1 is 1.05 bits per heavy atom. The van der Waals surface area contributed by atoms with Crippen LogP contribution in [0.15, 0.2) is 55.0 Å². The van der Waals surface area contributed by atoms with E-state index in [1.807, 2.05) is 30.7 Å². The molecule has 1 aromatic carbocycles. The van der Waals surface area contributed by atoms with E-state index < -0.39 is 0 Å². The Balaban J connectivity index is 1.71. The number of aromatic nitrogens is 3. The van der Waals surface area contributed by atoms with Gasteiger partial charge in [0.2, 0.25) is 0 Å². The minimum Gasteiger partial charge on any atom is -0.329 e. The van der Waals surface area contributed by atoms with E-state index in [0.29, 0.717) is 11.1 Å². The molecular weight excluding hydrogens is 294 g/mol. The van der Waals surface area contributed by atoms with E-state index in [4.69, 9.17) is 11.6 Å². The summed E-state index contributed by atoms with van der Waals surface area (Å²) in [6.07, 6.45) is 6.29. The number of benzene rings is 1. The van der Waals surface area contributed by atoms with Gasteiger partial charge in [0, 0.05) is 23.4 Å². The summed E-state index contributed by atoms with van der Waals surface area (Å²) >= 11 is 5.86. The molecule has 0 saturated heterocycles. The van der Waals surface area contributed by atoms with Crippen molar-refractivity contribution in [2.75, 3.05) is 0 Å². The zero-order chi connectivity index (χ0) is 14.9. The van der Waals surface area contributed by atoms with Crippen LogP contribution in [0.1, 0.15) is 30.0 Å². The van der Waals surface area contributed by atoms with Gasteiger partial charge in [-0.05, 0) is 24.5 Å². The van der Waals surface area contributed by atoms with E-state index in [9.17, 15) is 0 Å². The molecule has 0 N–H and O–H groups in total. The predicted molar refractivity (Wildman–Crippen MR) is 88.0 cm³/mol. The normalized spacial score (nSPS) is 14.2. The van der Waals surface area contributed by atoms with Crippen LogP contribution in [0.25, 0.3) is 11.3 Å². The summed E-state index contributed by atoms with van der Waals surface area (Å²) in [6, 6.07) is 14.3. The maximum atomic E-state index is 5.86. The van der Waals surface area contributed by atoms with Gasteiger partial charge in [0.05, 0.1) is 18.6 Å². The topological polar surface area (TPSA) is 30.7 Å². The molecule has 4 heteroatoms. The second-order valence-corrected chi connectivity index (χ2v) is 6.12. The fourth-order valence-corrected chi connectivity index (χ4v) is 2.93. The zero-order valence-corrected chi connectivity index (χ0v) is 12.9. The van der Waals surface area contributed by atoms with Crippen LogP contribution < -0.4 is 0 Å². The molecular formula is C18H16ClN3. The highest BCUT2D eigenvalue weighted by Crippen LogP contribution is 2.44. The molecule has 2 aromatic heterocycles. The summed E-state index contributed by atoms with van der Waals surface area (Å²) in [5, 5.41) is 0.529. The highest BCUT2D eigenvalue weighted by Gasteiger charge is 2.30. The van der Waals surface area contributed by atoms with Crippen LogP contribution in [-0.2, 0) is 6.54 Å². The van der Waals surface area contributed by atoms with Gasteiger partial charge in [-0.15, -0.1) is 0 Å². The molecule has 0 unspecified atom stereocenters. The standard InChI is InChI=1S/C18H16ClN3/c19-16-9-6-13(10-20-16)11-22-12-21-17(18(22)15-7-8-15)14-4-2-1-3-5-14/h1-6,9-10,12,15H,7-8,11H2. The molecule has 2 heterocycles. The van der Waals surface area contributed by atoms with Gasteiger partial charge in [-0.25, -0.2) is 9.97 Å². The molecule has 0 spiro atoms. The lowest BCUT2D eigenvalue weighted by Gasteiger charge is -2.09. The summed E-state index contributed by atoms with van der Waals surface area (Å²) in [7, 11) is 0. The Labute approximate surface area is 134 Å². The van der Waals surface area contributed by atoms with E-state index in [1.54, 1.807) is 0 Å². The summed E-state index contributed by atoms with van der Waals surface area (Å²) < 4.78 is 2.25. The third-order valence-electron chi connectivity index (χ3n) is 4.03. The lowest BCUT2D eigenvalue weighted by Crippen LogP contribution is -2.03. The highest BCUT2D eigenvalue weighted by molar-refractivity contribution is 6.29. The molecule has 0 amide bonds. The van der Waals surface area contributed by atoms with Gasteiger partial charge >= 0.3 is 0 Å². The van der Waals surface area contributed by atoms with Crippen molar-refractivity contribution >= 4 is 11.6 Å². The molecule has 1 fully saturated rings. The van der Waals surface area contributed by atoms with Crippen molar-refractivity contribution in [2.24, 2.45) is 0 Å². The molecule has 0 atom stereocenters.